The van der Waals surface area contributed by atoms with Crippen molar-refractivity contribution in [3.8, 4) is 0 Å². The van der Waals surface area contributed by atoms with Gasteiger partial charge in [-0.15, -0.1) is 0 Å². The van der Waals surface area contributed by atoms with E-state index < -0.39 is 0 Å². The van der Waals surface area contributed by atoms with Crippen LogP contribution in [0.1, 0.15) is 51.4 Å². The van der Waals surface area contributed by atoms with E-state index in [-0.39, 0.29) is 23.2 Å². The van der Waals surface area contributed by atoms with Crippen molar-refractivity contribution in [1.29, 1.82) is 0 Å². The van der Waals surface area contributed by atoms with Crippen molar-refractivity contribution >= 4 is 11.8 Å². The van der Waals surface area contributed by atoms with Crippen LogP contribution in [0.2, 0.25) is 0 Å². The molecule has 116 valence electrons. The zero-order valence-electron chi connectivity index (χ0n) is 13.4. The van der Waals surface area contributed by atoms with Gasteiger partial charge in [0.05, 0.1) is 29.4 Å². The summed E-state index contributed by atoms with van der Waals surface area (Å²) in [6.45, 7) is 10.5. The number of hydrogen-bond acceptors (Lipinski definition) is 5. The van der Waals surface area contributed by atoms with Crippen LogP contribution in [0.3, 0.4) is 0 Å². The largest absolute Gasteiger partial charge is 0.462 e. The van der Waals surface area contributed by atoms with E-state index in [9.17, 15) is 4.79 Å². The van der Waals surface area contributed by atoms with Gasteiger partial charge in [-0.2, -0.15) is 0 Å². The van der Waals surface area contributed by atoms with Gasteiger partial charge in [0.1, 0.15) is 5.82 Å². The average molecular weight is 292 g/mol. The summed E-state index contributed by atoms with van der Waals surface area (Å²) >= 11 is 0. The fraction of sp³-hybridized carbons (Fsp3) is 0.625. The highest BCUT2D eigenvalue weighted by molar-refractivity contribution is 5.89. The summed E-state index contributed by atoms with van der Waals surface area (Å²) in [6.07, 6.45) is 2.44. The first kappa shape index (κ1) is 15.8. The first-order chi connectivity index (χ1) is 9.73. The molecule has 0 radical (unpaired) electrons. The number of esters is 1. The molecule has 2 heterocycles. The molecule has 1 aromatic rings. The van der Waals surface area contributed by atoms with Gasteiger partial charge < -0.3 is 14.8 Å². The number of nitrogens with one attached hydrogen (secondary N) is 1. The molecular formula is C16H24N2O3. The third-order valence-electron chi connectivity index (χ3n) is 3.67. The number of hydrogen-bond donors (Lipinski definition) is 1. The van der Waals surface area contributed by atoms with Gasteiger partial charge in [0.25, 0.3) is 0 Å². The van der Waals surface area contributed by atoms with Crippen molar-refractivity contribution in [3.05, 3.63) is 23.9 Å². The Morgan fingerprint density at radius 1 is 1.43 bits per heavy atom. The molecule has 0 spiro atoms. The number of ether oxygens (including phenoxy) is 2. The maximum absolute atomic E-state index is 11.6. The molecule has 0 bridgehead atoms. The van der Waals surface area contributed by atoms with Crippen molar-refractivity contribution < 1.29 is 14.3 Å². The van der Waals surface area contributed by atoms with E-state index in [1.165, 1.54) is 6.20 Å². The van der Waals surface area contributed by atoms with Crippen molar-refractivity contribution in [2.24, 2.45) is 0 Å². The van der Waals surface area contributed by atoms with Crippen LogP contribution in [-0.2, 0) is 9.47 Å². The lowest BCUT2D eigenvalue weighted by atomic mass is 9.94. The molecule has 1 unspecified atom stereocenters. The molecule has 1 aromatic heterocycles. The number of carbonyl (C=O) groups excluding carboxylic acids is 1. The van der Waals surface area contributed by atoms with Crippen LogP contribution in [0.15, 0.2) is 18.3 Å². The summed E-state index contributed by atoms with van der Waals surface area (Å²) in [5.74, 6) is 0.393. The van der Waals surface area contributed by atoms with Gasteiger partial charge in [0.2, 0.25) is 0 Å². The third kappa shape index (κ3) is 3.73. The molecule has 1 aliphatic rings. The van der Waals surface area contributed by atoms with Crippen molar-refractivity contribution in [1.82, 2.24) is 4.98 Å². The second kappa shape index (κ2) is 5.64. The second-order valence-electron chi connectivity index (χ2n) is 6.52. The Bertz CT molecular complexity index is 509. The lowest BCUT2D eigenvalue weighted by Gasteiger charge is -2.28. The van der Waals surface area contributed by atoms with E-state index in [4.69, 9.17) is 9.47 Å². The summed E-state index contributed by atoms with van der Waals surface area (Å²) < 4.78 is 11.0. The SMILES string of the molecule is CCOC(=O)c1ccc(NC2CC(C)(C)OC2(C)C)nc1. The zero-order chi connectivity index (χ0) is 15.7. The Labute approximate surface area is 126 Å². The normalized spacial score (nSPS) is 22.8. The van der Waals surface area contributed by atoms with Crippen molar-refractivity contribution in [2.45, 2.75) is 58.3 Å². The monoisotopic (exact) mass is 292 g/mol. The minimum absolute atomic E-state index is 0.147. The van der Waals surface area contributed by atoms with Gasteiger partial charge in [0, 0.05) is 6.20 Å². The Balaban J connectivity index is 2.05. The molecular weight excluding hydrogens is 268 g/mol. The number of rotatable bonds is 4. The van der Waals surface area contributed by atoms with E-state index in [0.29, 0.717) is 12.2 Å². The van der Waals surface area contributed by atoms with E-state index in [0.717, 1.165) is 12.2 Å². The predicted molar refractivity (Wildman–Crippen MR) is 81.5 cm³/mol. The van der Waals surface area contributed by atoms with Crippen LogP contribution in [0, 0.1) is 0 Å². The fourth-order valence-electron chi connectivity index (χ4n) is 2.78. The van der Waals surface area contributed by atoms with Gasteiger partial charge >= 0.3 is 5.97 Å². The number of nitrogens with zero attached hydrogens (tertiary/aromatic N) is 1. The Morgan fingerprint density at radius 3 is 2.62 bits per heavy atom. The molecule has 21 heavy (non-hydrogen) atoms. The van der Waals surface area contributed by atoms with Crippen molar-refractivity contribution in [3.63, 3.8) is 0 Å². The highest BCUT2D eigenvalue weighted by atomic mass is 16.5. The first-order valence-corrected chi connectivity index (χ1v) is 7.33. The van der Waals surface area contributed by atoms with Crippen LogP contribution in [0.25, 0.3) is 0 Å². The molecule has 0 saturated carbocycles. The number of pyridine rings is 1. The van der Waals surface area contributed by atoms with Crippen LogP contribution < -0.4 is 5.32 Å². The van der Waals surface area contributed by atoms with Gasteiger partial charge in [-0.3, -0.25) is 0 Å². The van der Waals surface area contributed by atoms with Crippen LogP contribution in [0.5, 0.6) is 0 Å². The third-order valence-corrected chi connectivity index (χ3v) is 3.67. The molecule has 0 aliphatic carbocycles. The lowest BCUT2D eigenvalue weighted by Crippen LogP contribution is -2.38. The molecule has 5 nitrogen and oxygen atoms in total. The Kier molecular flexibility index (Phi) is 4.23. The van der Waals surface area contributed by atoms with Gasteiger partial charge in [-0.1, -0.05) is 0 Å². The van der Waals surface area contributed by atoms with E-state index in [1.807, 2.05) is 0 Å². The molecule has 1 fully saturated rings. The minimum atomic E-state index is -0.345. The molecule has 2 rings (SSSR count). The van der Waals surface area contributed by atoms with E-state index in [2.05, 4.69) is 38.0 Å². The van der Waals surface area contributed by atoms with Crippen LogP contribution >= 0.6 is 0 Å². The molecule has 1 N–H and O–H groups in total. The first-order valence-electron chi connectivity index (χ1n) is 7.33. The molecule has 1 aliphatic heterocycles. The average Bonchev–Trinajstić information content (AvgIpc) is 2.58. The minimum Gasteiger partial charge on any atom is -0.462 e. The predicted octanol–water partition coefficient (Wildman–Crippen LogP) is 3.02. The summed E-state index contributed by atoms with van der Waals surface area (Å²) in [7, 11) is 0. The number of anilines is 1. The maximum Gasteiger partial charge on any atom is 0.339 e. The molecule has 5 heteroatoms. The van der Waals surface area contributed by atoms with Gasteiger partial charge in [-0.05, 0) is 53.2 Å². The van der Waals surface area contributed by atoms with E-state index >= 15 is 0 Å². The highest BCUT2D eigenvalue weighted by Crippen LogP contribution is 2.38. The standard InChI is InChI=1S/C16H24N2O3/c1-6-20-14(19)11-7-8-13(17-10-11)18-12-9-15(2,3)21-16(12,4)5/h7-8,10,12H,6,9H2,1-5H3,(H,17,18). The molecule has 0 aromatic carbocycles. The Hall–Kier alpha value is -1.62. The van der Waals surface area contributed by atoms with E-state index in [1.54, 1.807) is 19.1 Å². The summed E-state index contributed by atoms with van der Waals surface area (Å²) in [5.41, 5.74) is 0.0569. The lowest BCUT2D eigenvalue weighted by molar-refractivity contribution is -0.0662. The van der Waals surface area contributed by atoms with Crippen molar-refractivity contribution in [2.75, 3.05) is 11.9 Å². The maximum atomic E-state index is 11.6. The van der Waals surface area contributed by atoms with Gasteiger partial charge in [0.15, 0.2) is 0 Å². The second-order valence-corrected chi connectivity index (χ2v) is 6.52. The summed E-state index contributed by atoms with van der Waals surface area (Å²) in [4.78, 5) is 15.9. The summed E-state index contributed by atoms with van der Waals surface area (Å²) in [6, 6.07) is 3.70. The number of aromatic nitrogens is 1. The highest BCUT2D eigenvalue weighted by Gasteiger charge is 2.45. The van der Waals surface area contributed by atoms with Crippen LogP contribution in [-0.4, -0.2) is 34.8 Å². The van der Waals surface area contributed by atoms with Gasteiger partial charge in [-0.25, -0.2) is 9.78 Å². The molecule has 1 atom stereocenters. The topological polar surface area (TPSA) is 60.5 Å². The summed E-state index contributed by atoms with van der Waals surface area (Å²) in [5, 5.41) is 3.40. The molecule has 0 amide bonds. The zero-order valence-corrected chi connectivity index (χ0v) is 13.4. The number of carbonyl (C=O) groups is 1. The fourth-order valence-corrected chi connectivity index (χ4v) is 2.78. The Morgan fingerprint density at radius 2 is 2.14 bits per heavy atom. The smallest absolute Gasteiger partial charge is 0.339 e. The molecule has 1 saturated heterocycles. The quantitative estimate of drug-likeness (QED) is 0.864. The van der Waals surface area contributed by atoms with Crippen LogP contribution in [0.4, 0.5) is 5.82 Å².